The maximum atomic E-state index is 9.23. The molecular formula is C17H25BN2O3. The summed E-state index contributed by atoms with van der Waals surface area (Å²) < 4.78 is 5.81. The molecule has 5 nitrogen and oxygen atoms in total. The molecule has 0 bridgehead atoms. The van der Waals surface area contributed by atoms with Crippen molar-refractivity contribution in [3.63, 3.8) is 0 Å². The third-order valence-electron chi connectivity index (χ3n) is 4.55. The summed E-state index contributed by atoms with van der Waals surface area (Å²) in [4.78, 5) is 7.07. The van der Waals surface area contributed by atoms with Crippen LogP contribution in [0.2, 0.25) is 0 Å². The Balaban J connectivity index is 1.61. The van der Waals surface area contributed by atoms with Crippen LogP contribution in [0.1, 0.15) is 32.6 Å². The molecule has 124 valence electrons. The van der Waals surface area contributed by atoms with Crippen LogP contribution in [0.4, 0.5) is 0 Å². The van der Waals surface area contributed by atoms with Crippen molar-refractivity contribution in [2.24, 2.45) is 11.8 Å². The molecule has 0 saturated carbocycles. The Labute approximate surface area is 137 Å². The lowest BCUT2D eigenvalue weighted by Crippen LogP contribution is -2.36. The number of piperidine rings is 1. The van der Waals surface area contributed by atoms with Crippen LogP contribution in [0.15, 0.2) is 22.6 Å². The first kappa shape index (κ1) is 16.5. The molecule has 0 amide bonds. The van der Waals surface area contributed by atoms with Gasteiger partial charge in [0, 0.05) is 13.0 Å². The molecule has 0 radical (unpaired) electrons. The van der Waals surface area contributed by atoms with Crippen LogP contribution < -0.4 is 5.46 Å². The lowest BCUT2D eigenvalue weighted by Gasteiger charge is -2.32. The third-order valence-corrected chi connectivity index (χ3v) is 4.55. The third kappa shape index (κ3) is 4.13. The minimum Gasteiger partial charge on any atom is -0.441 e. The van der Waals surface area contributed by atoms with Crippen LogP contribution in [0.25, 0.3) is 11.1 Å². The molecule has 0 aliphatic carbocycles. The van der Waals surface area contributed by atoms with Gasteiger partial charge in [0.25, 0.3) is 0 Å². The van der Waals surface area contributed by atoms with Crippen molar-refractivity contribution in [1.82, 2.24) is 9.88 Å². The largest absolute Gasteiger partial charge is 0.488 e. The highest BCUT2D eigenvalue weighted by Gasteiger charge is 2.22. The van der Waals surface area contributed by atoms with Crippen LogP contribution in [-0.4, -0.2) is 46.7 Å². The van der Waals surface area contributed by atoms with E-state index in [0.717, 1.165) is 36.8 Å². The van der Waals surface area contributed by atoms with Gasteiger partial charge >= 0.3 is 7.12 Å². The predicted octanol–water partition coefficient (Wildman–Crippen LogP) is 1.42. The zero-order valence-electron chi connectivity index (χ0n) is 13.9. The minimum atomic E-state index is -1.47. The highest BCUT2D eigenvalue weighted by atomic mass is 16.4. The Morgan fingerprint density at radius 1 is 1.30 bits per heavy atom. The molecule has 2 aromatic rings. The SMILES string of the molecule is CC(C)CN1CCC(Cc2nc3ccc(B(O)O)cc3o2)CC1. The van der Waals surface area contributed by atoms with E-state index in [-0.39, 0.29) is 0 Å². The number of benzene rings is 1. The van der Waals surface area contributed by atoms with E-state index < -0.39 is 7.12 Å². The van der Waals surface area contributed by atoms with Gasteiger partial charge in [-0.15, -0.1) is 0 Å². The van der Waals surface area contributed by atoms with E-state index in [1.807, 2.05) is 0 Å². The van der Waals surface area contributed by atoms with E-state index in [4.69, 9.17) is 4.42 Å². The maximum Gasteiger partial charge on any atom is 0.488 e. The van der Waals surface area contributed by atoms with E-state index in [9.17, 15) is 10.0 Å². The fourth-order valence-corrected chi connectivity index (χ4v) is 3.37. The maximum absolute atomic E-state index is 9.23. The molecule has 2 heterocycles. The number of aromatic nitrogens is 1. The molecule has 1 fully saturated rings. The van der Waals surface area contributed by atoms with E-state index in [1.165, 1.54) is 19.4 Å². The fourth-order valence-electron chi connectivity index (χ4n) is 3.37. The number of nitrogens with zero attached hydrogens (tertiary/aromatic N) is 2. The van der Waals surface area contributed by atoms with Crippen LogP contribution in [0.3, 0.4) is 0 Å². The Morgan fingerprint density at radius 2 is 2.04 bits per heavy atom. The first-order valence-electron chi connectivity index (χ1n) is 8.49. The van der Waals surface area contributed by atoms with E-state index in [1.54, 1.807) is 18.2 Å². The molecular weight excluding hydrogens is 291 g/mol. The summed E-state index contributed by atoms with van der Waals surface area (Å²) in [5.41, 5.74) is 1.84. The van der Waals surface area contributed by atoms with Crippen LogP contribution in [0, 0.1) is 11.8 Å². The van der Waals surface area contributed by atoms with Crippen molar-refractivity contribution in [2.75, 3.05) is 19.6 Å². The van der Waals surface area contributed by atoms with Crippen LogP contribution >= 0.6 is 0 Å². The Kier molecular flexibility index (Phi) is 5.04. The molecule has 1 aromatic carbocycles. The molecule has 0 atom stereocenters. The van der Waals surface area contributed by atoms with Gasteiger partial charge in [-0.2, -0.15) is 0 Å². The first-order chi connectivity index (χ1) is 11.0. The number of rotatable bonds is 5. The molecule has 1 saturated heterocycles. The van der Waals surface area contributed by atoms with Gasteiger partial charge < -0.3 is 19.4 Å². The topological polar surface area (TPSA) is 69.7 Å². The summed E-state index contributed by atoms with van der Waals surface area (Å²) in [6.07, 6.45) is 3.24. The molecule has 1 aliphatic rings. The zero-order chi connectivity index (χ0) is 16.4. The van der Waals surface area contributed by atoms with Crippen molar-refractivity contribution in [3.8, 4) is 0 Å². The summed E-state index contributed by atoms with van der Waals surface area (Å²) >= 11 is 0. The van der Waals surface area contributed by atoms with Crippen molar-refractivity contribution < 1.29 is 14.5 Å². The molecule has 3 rings (SSSR count). The van der Waals surface area contributed by atoms with Gasteiger partial charge in [0.05, 0.1) is 0 Å². The summed E-state index contributed by atoms with van der Waals surface area (Å²) in [5.74, 6) is 2.10. The lowest BCUT2D eigenvalue weighted by molar-refractivity contribution is 0.164. The van der Waals surface area contributed by atoms with Crippen molar-refractivity contribution in [1.29, 1.82) is 0 Å². The van der Waals surface area contributed by atoms with Crippen molar-refractivity contribution in [3.05, 3.63) is 24.1 Å². The van der Waals surface area contributed by atoms with Gasteiger partial charge in [-0.25, -0.2) is 4.98 Å². The summed E-state index contributed by atoms with van der Waals surface area (Å²) in [7, 11) is -1.47. The highest BCUT2D eigenvalue weighted by Crippen LogP contribution is 2.24. The van der Waals surface area contributed by atoms with Crippen molar-refractivity contribution >= 4 is 23.7 Å². The van der Waals surface area contributed by atoms with E-state index in [0.29, 0.717) is 17.0 Å². The number of oxazole rings is 1. The monoisotopic (exact) mass is 316 g/mol. The van der Waals surface area contributed by atoms with Gasteiger partial charge in [-0.1, -0.05) is 19.9 Å². The average molecular weight is 316 g/mol. The Morgan fingerprint density at radius 3 is 2.70 bits per heavy atom. The number of hydrogen-bond acceptors (Lipinski definition) is 5. The molecule has 2 N–H and O–H groups in total. The van der Waals surface area contributed by atoms with Crippen LogP contribution in [-0.2, 0) is 6.42 Å². The molecule has 0 unspecified atom stereocenters. The quantitative estimate of drug-likeness (QED) is 0.817. The number of hydrogen-bond donors (Lipinski definition) is 2. The number of likely N-dealkylation sites (tertiary alicyclic amines) is 1. The number of fused-ring (bicyclic) bond motifs is 1. The summed E-state index contributed by atoms with van der Waals surface area (Å²) in [6, 6.07) is 5.10. The van der Waals surface area contributed by atoms with Gasteiger partial charge in [0.15, 0.2) is 11.5 Å². The van der Waals surface area contributed by atoms with E-state index >= 15 is 0 Å². The lowest BCUT2D eigenvalue weighted by atomic mass is 9.80. The van der Waals surface area contributed by atoms with Gasteiger partial charge in [0.1, 0.15) is 5.52 Å². The first-order valence-corrected chi connectivity index (χ1v) is 8.49. The molecule has 1 aliphatic heterocycles. The second kappa shape index (κ2) is 7.03. The van der Waals surface area contributed by atoms with Crippen molar-refractivity contribution in [2.45, 2.75) is 33.1 Å². The summed E-state index contributed by atoms with van der Waals surface area (Å²) in [6.45, 7) is 8.03. The van der Waals surface area contributed by atoms with Crippen LogP contribution in [0.5, 0.6) is 0 Å². The smallest absolute Gasteiger partial charge is 0.441 e. The average Bonchev–Trinajstić information content (AvgIpc) is 2.90. The van der Waals surface area contributed by atoms with Gasteiger partial charge in [0.2, 0.25) is 0 Å². The molecule has 6 heteroatoms. The predicted molar refractivity (Wildman–Crippen MR) is 91.5 cm³/mol. The highest BCUT2D eigenvalue weighted by molar-refractivity contribution is 6.58. The summed E-state index contributed by atoms with van der Waals surface area (Å²) in [5, 5.41) is 18.5. The Bertz CT molecular complexity index is 648. The Hall–Kier alpha value is -1.37. The zero-order valence-corrected chi connectivity index (χ0v) is 13.9. The second-order valence-electron chi connectivity index (χ2n) is 7.05. The minimum absolute atomic E-state index is 0.433. The standard InChI is InChI=1S/C17H25BN2O3/c1-12(2)11-20-7-5-13(6-8-20)9-17-19-15-4-3-14(18(21)22)10-16(15)23-17/h3-4,10,12-13,21-22H,5-9,11H2,1-2H3. The molecule has 0 spiro atoms. The van der Waals surface area contributed by atoms with E-state index in [2.05, 4.69) is 23.7 Å². The fraction of sp³-hybridized carbons (Fsp3) is 0.588. The second-order valence-corrected chi connectivity index (χ2v) is 7.05. The normalized spacial score (nSPS) is 17.3. The van der Waals surface area contributed by atoms with Gasteiger partial charge in [-0.05, 0) is 55.4 Å². The molecule has 23 heavy (non-hydrogen) atoms. The molecule has 1 aromatic heterocycles. The van der Waals surface area contributed by atoms with Gasteiger partial charge in [-0.3, -0.25) is 0 Å².